The van der Waals surface area contributed by atoms with Gasteiger partial charge in [-0.3, -0.25) is 4.79 Å². The minimum atomic E-state index is -0.919. The molecular formula is C18H24N2O4. The van der Waals surface area contributed by atoms with Crippen molar-refractivity contribution < 1.29 is 19.4 Å². The maximum atomic E-state index is 12.4. The molecule has 0 bridgehead atoms. The monoisotopic (exact) mass is 332 g/mol. The first-order chi connectivity index (χ1) is 11.5. The van der Waals surface area contributed by atoms with Crippen LogP contribution in [0.25, 0.3) is 0 Å². The van der Waals surface area contributed by atoms with Crippen LogP contribution in [-0.4, -0.2) is 42.2 Å². The maximum Gasteiger partial charge on any atom is 0.317 e. The van der Waals surface area contributed by atoms with Crippen LogP contribution >= 0.6 is 0 Å². The fourth-order valence-electron chi connectivity index (χ4n) is 3.04. The zero-order valence-corrected chi connectivity index (χ0v) is 14.0. The zero-order valence-electron chi connectivity index (χ0n) is 14.0. The average Bonchev–Trinajstić information content (AvgIpc) is 2.60. The summed E-state index contributed by atoms with van der Waals surface area (Å²) in [4.78, 5) is 25.6. The molecule has 0 aromatic heterocycles. The Morgan fingerprint density at radius 1 is 1.42 bits per heavy atom. The molecule has 6 nitrogen and oxygen atoms in total. The molecule has 1 aliphatic heterocycles. The first-order valence-electron chi connectivity index (χ1n) is 8.01. The van der Waals surface area contributed by atoms with Gasteiger partial charge in [-0.05, 0) is 37.0 Å². The summed E-state index contributed by atoms with van der Waals surface area (Å²) in [6.07, 6.45) is 3.23. The van der Waals surface area contributed by atoms with Crippen molar-refractivity contribution >= 4 is 12.0 Å². The second-order valence-corrected chi connectivity index (χ2v) is 6.11. The zero-order chi connectivity index (χ0) is 17.6. The van der Waals surface area contributed by atoms with Gasteiger partial charge >= 0.3 is 12.0 Å². The van der Waals surface area contributed by atoms with Crippen LogP contribution in [0, 0.1) is 5.41 Å². The quantitative estimate of drug-likeness (QED) is 0.785. The molecule has 24 heavy (non-hydrogen) atoms. The van der Waals surface area contributed by atoms with Crippen LogP contribution in [-0.2, 0) is 11.3 Å². The normalized spacial score (nSPS) is 20.3. The third kappa shape index (κ3) is 4.07. The van der Waals surface area contributed by atoms with Gasteiger partial charge in [-0.2, -0.15) is 0 Å². The number of hydrogen-bond donors (Lipinski definition) is 2. The van der Waals surface area contributed by atoms with Crippen molar-refractivity contribution in [3.05, 3.63) is 42.5 Å². The summed E-state index contributed by atoms with van der Waals surface area (Å²) in [6.45, 7) is 4.82. The number of urea groups is 1. The third-order valence-electron chi connectivity index (χ3n) is 4.46. The number of aliphatic carboxylic acids is 1. The summed E-state index contributed by atoms with van der Waals surface area (Å²) in [5, 5.41) is 12.4. The molecule has 1 fully saturated rings. The van der Waals surface area contributed by atoms with Gasteiger partial charge in [0.25, 0.3) is 0 Å². The molecule has 1 saturated heterocycles. The lowest BCUT2D eigenvalue weighted by Gasteiger charge is -2.39. The van der Waals surface area contributed by atoms with E-state index in [1.54, 1.807) is 18.1 Å². The Morgan fingerprint density at radius 2 is 2.12 bits per heavy atom. The number of piperidine rings is 1. The van der Waals surface area contributed by atoms with Crippen molar-refractivity contribution in [1.29, 1.82) is 0 Å². The number of amides is 2. The number of nitrogens with zero attached hydrogens (tertiary/aromatic N) is 1. The van der Waals surface area contributed by atoms with Crippen LogP contribution in [0.3, 0.4) is 0 Å². The van der Waals surface area contributed by atoms with E-state index in [4.69, 9.17) is 4.74 Å². The molecule has 0 unspecified atom stereocenters. The highest BCUT2D eigenvalue weighted by Gasteiger charge is 2.42. The number of carboxylic acids is 1. The summed E-state index contributed by atoms with van der Waals surface area (Å²) < 4.78 is 5.10. The Morgan fingerprint density at radius 3 is 2.71 bits per heavy atom. The van der Waals surface area contributed by atoms with Gasteiger partial charge in [0.15, 0.2) is 0 Å². The Labute approximate surface area is 142 Å². The number of ether oxygens (including phenoxy) is 1. The number of carbonyl (C=O) groups excluding carboxylic acids is 1. The minimum absolute atomic E-state index is 0.211. The van der Waals surface area contributed by atoms with E-state index in [1.165, 1.54) is 0 Å². The number of benzene rings is 1. The van der Waals surface area contributed by atoms with Crippen molar-refractivity contribution in [2.45, 2.75) is 25.8 Å². The lowest BCUT2D eigenvalue weighted by molar-refractivity contribution is -0.151. The molecule has 0 radical (unpaired) electrons. The van der Waals surface area contributed by atoms with Crippen molar-refractivity contribution in [1.82, 2.24) is 10.2 Å². The number of methoxy groups -OCH3 is 1. The van der Waals surface area contributed by atoms with Crippen LogP contribution in [0.15, 0.2) is 36.9 Å². The second-order valence-electron chi connectivity index (χ2n) is 6.11. The average molecular weight is 332 g/mol. The van der Waals surface area contributed by atoms with Gasteiger partial charge < -0.3 is 20.1 Å². The molecule has 130 valence electrons. The van der Waals surface area contributed by atoms with E-state index in [9.17, 15) is 14.7 Å². The Hall–Kier alpha value is -2.50. The molecule has 1 heterocycles. The molecule has 0 spiro atoms. The molecule has 0 saturated carbocycles. The number of carbonyl (C=O) groups is 2. The summed E-state index contributed by atoms with van der Waals surface area (Å²) in [7, 11) is 1.60. The minimum Gasteiger partial charge on any atom is -0.497 e. The number of rotatable bonds is 6. The van der Waals surface area contributed by atoms with Crippen LogP contribution < -0.4 is 10.1 Å². The Kier molecular flexibility index (Phi) is 5.84. The third-order valence-corrected chi connectivity index (χ3v) is 4.46. The molecule has 0 aliphatic carbocycles. The SMILES string of the molecule is C=CC[C@@]1(C(=O)O)CCCN(C(=O)NCc2ccc(OC)cc2)C1. The molecule has 1 aromatic carbocycles. The molecule has 6 heteroatoms. The molecule has 2 rings (SSSR count). The van der Waals surface area contributed by atoms with Crippen molar-refractivity contribution in [2.24, 2.45) is 5.41 Å². The Bertz CT molecular complexity index is 600. The second kappa shape index (κ2) is 7.86. The van der Waals surface area contributed by atoms with Gasteiger partial charge in [0, 0.05) is 19.6 Å². The van der Waals surface area contributed by atoms with E-state index in [0.717, 1.165) is 11.3 Å². The number of carboxylic acid groups (broad SMARTS) is 1. The highest BCUT2D eigenvalue weighted by molar-refractivity contribution is 5.79. The lowest BCUT2D eigenvalue weighted by Crippen LogP contribution is -2.52. The smallest absolute Gasteiger partial charge is 0.317 e. The van der Waals surface area contributed by atoms with Gasteiger partial charge in [-0.1, -0.05) is 18.2 Å². The van der Waals surface area contributed by atoms with Crippen LogP contribution in [0.2, 0.25) is 0 Å². The molecule has 1 aromatic rings. The standard InChI is InChI=1S/C18H24N2O4/c1-3-9-18(16(21)22)10-4-11-20(13-18)17(23)19-12-14-5-7-15(24-2)8-6-14/h3,5-8H,1,4,9-13H2,2H3,(H,19,23)(H,21,22)/t18-/m1/s1. The van der Waals surface area contributed by atoms with E-state index in [1.807, 2.05) is 24.3 Å². The van der Waals surface area contributed by atoms with Crippen molar-refractivity contribution in [2.75, 3.05) is 20.2 Å². The number of likely N-dealkylation sites (tertiary alicyclic amines) is 1. The van der Waals surface area contributed by atoms with E-state index in [-0.39, 0.29) is 12.6 Å². The predicted octanol–water partition coefficient (Wildman–Crippen LogP) is 2.65. The summed E-state index contributed by atoms with van der Waals surface area (Å²) in [5.41, 5.74) is 0.0361. The maximum absolute atomic E-state index is 12.4. The van der Waals surface area contributed by atoms with Gasteiger partial charge in [-0.15, -0.1) is 6.58 Å². The molecule has 2 N–H and O–H groups in total. The molecule has 2 amide bonds. The van der Waals surface area contributed by atoms with Crippen LogP contribution in [0.5, 0.6) is 5.75 Å². The van der Waals surface area contributed by atoms with E-state index < -0.39 is 11.4 Å². The van der Waals surface area contributed by atoms with Crippen molar-refractivity contribution in [3.8, 4) is 5.75 Å². The number of hydrogen-bond acceptors (Lipinski definition) is 3. The van der Waals surface area contributed by atoms with Crippen LogP contribution in [0.4, 0.5) is 4.79 Å². The number of allylic oxidation sites excluding steroid dienone is 1. The Balaban J connectivity index is 1.95. The summed E-state index contributed by atoms with van der Waals surface area (Å²) in [5.74, 6) is -0.105. The summed E-state index contributed by atoms with van der Waals surface area (Å²) in [6, 6.07) is 7.20. The van der Waals surface area contributed by atoms with Crippen LogP contribution in [0.1, 0.15) is 24.8 Å². The highest BCUT2D eigenvalue weighted by atomic mass is 16.5. The van der Waals surface area contributed by atoms with Gasteiger partial charge in [-0.25, -0.2) is 4.79 Å². The van der Waals surface area contributed by atoms with E-state index >= 15 is 0 Å². The molecule has 1 atom stereocenters. The van der Waals surface area contributed by atoms with E-state index in [2.05, 4.69) is 11.9 Å². The predicted molar refractivity (Wildman–Crippen MR) is 90.9 cm³/mol. The van der Waals surface area contributed by atoms with Crippen molar-refractivity contribution in [3.63, 3.8) is 0 Å². The van der Waals surface area contributed by atoms with Gasteiger partial charge in [0.2, 0.25) is 0 Å². The topological polar surface area (TPSA) is 78.9 Å². The number of nitrogens with one attached hydrogen (secondary N) is 1. The fourth-order valence-corrected chi connectivity index (χ4v) is 3.04. The molecule has 1 aliphatic rings. The van der Waals surface area contributed by atoms with Gasteiger partial charge in [0.05, 0.1) is 12.5 Å². The fraction of sp³-hybridized carbons (Fsp3) is 0.444. The first-order valence-corrected chi connectivity index (χ1v) is 8.01. The molecular weight excluding hydrogens is 308 g/mol. The summed E-state index contributed by atoms with van der Waals surface area (Å²) >= 11 is 0. The van der Waals surface area contributed by atoms with Gasteiger partial charge in [0.1, 0.15) is 5.75 Å². The highest BCUT2D eigenvalue weighted by Crippen LogP contribution is 2.34. The first kappa shape index (κ1) is 17.8. The largest absolute Gasteiger partial charge is 0.497 e. The lowest BCUT2D eigenvalue weighted by atomic mass is 9.77. The van der Waals surface area contributed by atoms with E-state index in [0.29, 0.717) is 32.4 Å².